The number of aryl methyl sites for hydroxylation is 1. The third-order valence-corrected chi connectivity index (χ3v) is 3.96. The molecule has 24 heavy (non-hydrogen) atoms. The zero-order chi connectivity index (χ0) is 17.6. The summed E-state index contributed by atoms with van der Waals surface area (Å²) in [6.07, 6.45) is 3.12. The van der Waals surface area contributed by atoms with Crippen LogP contribution in [0.25, 0.3) is 0 Å². The summed E-state index contributed by atoms with van der Waals surface area (Å²) in [6.45, 7) is 6.54. The van der Waals surface area contributed by atoms with E-state index in [0.29, 0.717) is 18.7 Å². The Morgan fingerprint density at radius 3 is 2.33 bits per heavy atom. The van der Waals surface area contributed by atoms with Gasteiger partial charge in [0.1, 0.15) is 0 Å². The molecule has 0 fully saturated rings. The quantitative estimate of drug-likeness (QED) is 0.800. The second-order valence-corrected chi connectivity index (χ2v) is 6.24. The van der Waals surface area contributed by atoms with E-state index < -0.39 is 5.41 Å². The highest BCUT2D eigenvalue weighted by molar-refractivity contribution is 5.93. The van der Waals surface area contributed by atoms with Crippen molar-refractivity contribution < 1.29 is 9.59 Å². The standard InChI is InChI=1S/C19H23N3O2/c1-14-6-8-16(9-7-14)19(2,3)18(24)22-12-11-21-17(23)15-5-4-10-20-13-15/h4-10,13H,11-12H2,1-3H3,(H,21,23)(H,22,24). The molecule has 0 aliphatic heterocycles. The lowest BCUT2D eigenvalue weighted by Gasteiger charge is -2.24. The topological polar surface area (TPSA) is 71.1 Å². The average Bonchev–Trinajstić information content (AvgIpc) is 2.59. The van der Waals surface area contributed by atoms with Gasteiger partial charge in [-0.1, -0.05) is 29.8 Å². The van der Waals surface area contributed by atoms with Crippen LogP contribution in [-0.2, 0) is 10.2 Å². The first-order valence-electron chi connectivity index (χ1n) is 7.95. The van der Waals surface area contributed by atoms with Crippen LogP contribution in [0.2, 0.25) is 0 Å². The Kier molecular flexibility index (Phi) is 5.68. The van der Waals surface area contributed by atoms with Crippen LogP contribution < -0.4 is 10.6 Å². The first-order chi connectivity index (χ1) is 11.4. The fourth-order valence-corrected chi connectivity index (χ4v) is 2.27. The lowest BCUT2D eigenvalue weighted by atomic mass is 9.83. The zero-order valence-electron chi connectivity index (χ0n) is 14.3. The maximum absolute atomic E-state index is 12.4. The SMILES string of the molecule is Cc1ccc(C(C)(C)C(=O)NCCNC(=O)c2cccnc2)cc1. The number of aromatic nitrogens is 1. The predicted octanol–water partition coefficient (Wildman–Crippen LogP) is 2.21. The Morgan fingerprint density at radius 1 is 1.04 bits per heavy atom. The van der Waals surface area contributed by atoms with Crippen LogP contribution in [0.4, 0.5) is 0 Å². The van der Waals surface area contributed by atoms with Gasteiger partial charge in [-0.05, 0) is 38.5 Å². The van der Waals surface area contributed by atoms with Crippen LogP contribution in [0.5, 0.6) is 0 Å². The Balaban J connectivity index is 1.82. The summed E-state index contributed by atoms with van der Waals surface area (Å²) in [5, 5.41) is 5.63. The van der Waals surface area contributed by atoms with Gasteiger partial charge in [0.15, 0.2) is 0 Å². The maximum atomic E-state index is 12.4. The first kappa shape index (κ1) is 17.7. The van der Waals surface area contributed by atoms with Gasteiger partial charge in [0.2, 0.25) is 5.91 Å². The molecule has 5 heteroatoms. The number of amides is 2. The average molecular weight is 325 g/mol. The number of hydrogen-bond acceptors (Lipinski definition) is 3. The van der Waals surface area contributed by atoms with Crippen LogP contribution in [0, 0.1) is 6.92 Å². The number of benzene rings is 1. The summed E-state index contributed by atoms with van der Waals surface area (Å²) in [5.41, 5.74) is 2.00. The van der Waals surface area contributed by atoms with Crippen LogP contribution >= 0.6 is 0 Å². The highest BCUT2D eigenvalue weighted by atomic mass is 16.2. The Bertz CT molecular complexity index is 694. The molecule has 0 saturated carbocycles. The minimum Gasteiger partial charge on any atom is -0.354 e. The number of nitrogens with one attached hydrogen (secondary N) is 2. The number of pyridine rings is 1. The zero-order valence-corrected chi connectivity index (χ0v) is 14.3. The second-order valence-electron chi connectivity index (χ2n) is 6.24. The number of rotatable bonds is 6. The van der Waals surface area contributed by atoms with Gasteiger partial charge in [0.05, 0.1) is 11.0 Å². The number of hydrogen-bond donors (Lipinski definition) is 2. The van der Waals surface area contributed by atoms with Gasteiger partial charge in [-0.2, -0.15) is 0 Å². The van der Waals surface area contributed by atoms with Gasteiger partial charge in [0.25, 0.3) is 5.91 Å². The van der Waals surface area contributed by atoms with E-state index in [-0.39, 0.29) is 11.8 Å². The maximum Gasteiger partial charge on any atom is 0.252 e. The van der Waals surface area contributed by atoms with Crippen molar-refractivity contribution in [3.63, 3.8) is 0 Å². The summed E-state index contributed by atoms with van der Waals surface area (Å²) < 4.78 is 0. The van der Waals surface area contributed by atoms with Crippen molar-refractivity contribution in [1.82, 2.24) is 15.6 Å². The monoisotopic (exact) mass is 325 g/mol. The number of carbonyl (C=O) groups excluding carboxylic acids is 2. The van der Waals surface area contributed by atoms with E-state index in [1.807, 2.05) is 45.0 Å². The van der Waals surface area contributed by atoms with E-state index in [0.717, 1.165) is 11.1 Å². The van der Waals surface area contributed by atoms with E-state index >= 15 is 0 Å². The van der Waals surface area contributed by atoms with E-state index in [1.54, 1.807) is 18.3 Å². The molecule has 1 heterocycles. The summed E-state index contributed by atoms with van der Waals surface area (Å²) in [7, 11) is 0. The highest BCUT2D eigenvalue weighted by Crippen LogP contribution is 2.23. The summed E-state index contributed by atoms with van der Waals surface area (Å²) >= 11 is 0. The van der Waals surface area contributed by atoms with Gasteiger partial charge in [-0.25, -0.2) is 0 Å². The molecule has 126 valence electrons. The molecular formula is C19H23N3O2. The van der Waals surface area contributed by atoms with E-state index in [1.165, 1.54) is 6.20 Å². The number of nitrogens with zero attached hydrogens (tertiary/aromatic N) is 1. The molecule has 0 radical (unpaired) electrons. The lowest BCUT2D eigenvalue weighted by molar-refractivity contribution is -0.125. The summed E-state index contributed by atoms with van der Waals surface area (Å²) in [4.78, 5) is 28.2. The summed E-state index contributed by atoms with van der Waals surface area (Å²) in [6, 6.07) is 11.3. The first-order valence-corrected chi connectivity index (χ1v) is 7.95. The van der Waals surface area contributed by atoms with Crippen molar-refractivity contribution in [3.05, 3.63) is 65.5 Å². The molecule has 0 spiro atoms. The molecule has 1 aromatic heterocycles. The van der Waals surface area contributed by atoms with Crippen molar-refractivity contribution in [1.29, 1.82) is 0 Å². The molecule has 2 N–H and O–H groups in total. The normalized spacial score (nSPS) is 11.0. The third-order valence-electron chi connectivity index (χ3n) is 3.96. The molecule has 5 nitrogen and oxygen atoms in total. The molecule has 1 aromatic carbocycles. The molecule has 0 saturated heterocycles. The molecule has 0 atom stereocenters. The minimum absolute atomic E-state index is 0.0676. The Morgan fingerprint density at radius 2 is 1.71 bits per heavy atom. The number of carbonyl (C=O) groups is 2. The Labute approximate surface area is 142 Å². The van der Waals surface area contributed by atoms with Gasteiger partial charge in [-0.3, -0.25) is 14.6 Å². The van der Waals surface area contributed by atoms with Crippen LogP contribution in [0.1, 0.15) is 35.3 Å². The molecule has 0 unspecified atom stereocenters. The van der Waals surface area contributed by atoms with Crippen LogP contribution in [-0.4, -0.2) is 29.9 Å². The molecule has 2 rings (SSSR count). The fourth-order valence-electron chi connectivity index (χ4n) is 2.27. The van der Waals surface area contributed by atoms with E-state index in [9.17, 15) is 9.59 Å². The molecule has 0 aliphatic carbocycles. The molecule has 0 aliphatic rings. The van der Waals surface area contributed by atoms with Crippen molar-refractivity contribution in [2.24, 2.45) is 0 Å². The largest absolute Gasteiger partial charge is 0.354 e. The smallest absolute Gasteiger partial charge is 0.252 e. The van der Waals surface area contributed by atoms with Gasteiger partial charge < -0.3 is 10.6 Å². The van der Waals surface area contributed by atoms with Crippen molar-refractivity contribution >= 4 is 11.8 Å². The van der Waals surface area contributed by atoms with Crippen molar-refractivity contribution in [2.45, 2.75) is 26.2 Å². The van der Waals surface area contributed by atoms with Crippen molar-refractivity contribution in [3.8, 4) is 0 Å². The fraction of sp³-hybridized carbons (Fsp3) is 0.316. The van der Waals surface area contributed by atoms with E-state index in [2.05, 4.69) is 15.6 Å². The van der Waals surface area contributed by atoms with Gasteiger partial charge in [-0.15, -0.1) is 0 Å². The van der Waals surface area contributed by atoms with E-state index in [4.69, 9.17) is 0 Å². The Hall–Kier alpha value is -2.69. The van der Waals surface area contributed by atoms with Crippen LogP contribution in [0.15, 0.2) is 48.8 Å². The molecular weight excluding hydrogens is 302 g/mol. The molecule has 0 bridgehead atoms. The highest BCUT2D eigenvalue weighted by Gasteiger charge is 2.29. The van der Waals surface area contributed by atoms with Gasteiger partial charge in [0, 0.05) is 25.5 Å². The predicted molar refractivity (Wildman–Crippen MR) is 93.8 cm³/mol. The molecule has 2 aromatic rings. The van der Waals surface area contributed by atoms with Gasteiger partial charge >= 0.3 is 0 Å². The molecule has 2 amide bonds. The second kappa shape index (κ2) is 7.73. The van der Waals surface area contributed by atoms with Crippen molar-refractivity contribution in [2.75, 3.05) is 13.1 Å². The lowest BCUT2D eigenvalue weighted by Crippen LogP contribution is -2.43. The third kappa shape index (κ3) is 4.41. The minimum atomic E-state index is -0.624. The summed E-state index contributed by atoms with van der Waals surface area (Å²) in [5.74, 6) is -0.267. The van der Waals surface area contributed by atoms with Crippen LogP contribution in [0.3, 0.4) is 0 Å².